The third kappa shape index (κ3) is 2.47. The van der Waals surface area contributed by atoms with Gasteiger partial charge >= 0.3 is 5.97 Å². The van der Waals surface area contributed by atoms with E-state index >= 15 is 0 Å². The molecule has 1 heterocycles. The topological polar surface area (TPSA) is 39.4 Å². The molecule has 3 rings (SSSR count). The van der Waals surface area contributed by atoms with Gasteiger partial charge in [0.25, 0.3) is 0 Å². The predicted molar refractivity (Wildman–Crippen MR) is 75.5 cm³/mol. The van der Waals surface area contributed by atoms with Crippen LogP contribution in [0.25, 0.3) is 11.3 Å². The number of hydrogen-bond acceptors (Lipinski definition) is 3. The minimum Gasteiger partial charge on any atom is -0.464 e. The molecule has 3 heteroatoms. The van der Waals surface area contributed by atoms with Crippen molar-refractivity contribution in [3.8, 4) is 17.1 Å². The summed E-state index contributed by atoms with van der Waals surface area (Å²) in [6.07, 6.45) is 1.59. The SMILES string of the molecule is O=C(Oc1ccccc1-c1ccco1)c1ccccc1. The summed E-state index contributed by atoms with van der Waals surface area (Å²) in [5.74, 6) is 0.766. The summed E-state index contributed by atoms with van der Waals surface area (Å²) in [4.78, 5) is 12.1. The molecule has 0 amide bonds. The molecule has 0 radical (unpaired) electrons. The first kappa shape index (κ1) is 12.2. The molecule has 0 saturated heterocycles. The Morgan fingerprint density at radius 3 is 2.35 bits per heavy atom. The molecule has 0 saturated carbocycles. The van der Waals surface area contributed by atoms with Gasteiger partial charge in [0.1, 0.15) is 11.5 Å². The molecule has 0 N–H and O–H groups in total. The van der Waals surface area contributed by atoms with Crippen molar-refractivity contribution in [2.75, 3.05) is 0 Å². The molecule has 1 aromatic heterocycles. The van der Waals surface area contributed by atoms with Gasteiger partial charge in [-0.1, -0.05) is 30.3 Å². The average Bonchev–Trinajstić information content (AvgIpc) is 3.03. The van der Waals surface area contributed by atoms with Crippen LogP contribution < -0.4 is 4.74 Å². The molecule has 0 unspecified atom stereocenters. The predicted octanol–water partition coefficient (Wildman–Crippen LogP) is 4.17. The minimum atomic E-state index is -0.385. The molecule has 0 aliphatic rings. The van der Waals surface area contributed by atoms with Gasteiger partial charge < -0.3 is 9.15 Å². The van der Waals surface area contributed by atoms with Crippen LogP contribution in [-0.2, 0) is 0 Å². The quantitative estimate of drug-likeness (QED) is 0.526. The number of hydrogen-bond donors (Lipinski definition) is 0. The van der Waals surface area contributed by atoms with Crippen LogP contribution in [-0.4, -0.2) is 5.97 Å². The van der Waals surface area contributed by atoms with Gasteiger partial charge in [-0.25, -0.2) is 4.79 Å². The van der Waals surface area contributed by atoms with Gasteiger partial charge in [0.05, 0.1) is 17.4 Å². The van der Waals surface area contributed by atoms with Crippen LogP contribution in [0.1, 0.15) is 10.4 Å². The van der Waals surface area contributed by atoms with Crippen LogP contribution in [0.3, 0.4) is 0 Å². The minimum absolute atomic E-state index is 0.385. The van der Waals surface area contributed by atoms with Crippen LogP contribution in [0.4, 0.5) is 0 Å². The molecule has 0 fully saturated rings. The monoisotopic (exact) mass is 264 g/mol. The van der Waals surface area contributed by atoms with Gasteiger partial charge in [0.2, 0.25) is 0 Å². The molecule has 2 aromatic carbocycles. The summed E-state index contributed by atoms with van der Waals surface area (Å²) < 4.78 is 10.8. The van der Waals surface area contributed by atoms with E-state index in [-0.39, 0.29) is 5.97 Å². The van der Waals surface area contributed by atoms with E-state index < -0.39 is 0 Å². The summed E-state index contributed by atoms with van der Waals surface area (Å²) in [5.41, 5.74) is 1.27. The van der Waals surface area contributed by atoms with E-state index in [1.807, 2.05) is 30.3 Å². The van der Waals surface area contributed by atoms with Crippen molar-refractivity contribution in [2.24, 2.45) is 0 Å². The van der Waals surface area contributed by atoms with E-state index in [1.165, 1.54) is 0 Å². The number of rotatable bonds is 3. The summed E-state index contributed by atoms with van der Waals surface area (Å²) in [6.45, 7) is 0. The van der Waals surface area contributed by atoms with Crippen LogP contribution in [0, 0.1) is 0 Å². The van der Waals surface area contributed by atoms with E-state index in [9.17, 15) is 4.79 Å². The third-order valence-corrected chi connectivity index (χ3v) is 2.89. The second kappa shape index (κ2) is 5.45. The number of ether oxygens (including phenoxy) is 1. The van der Waals surface area contributed by atoms with Crippen molar-refractivity contribution in [1.29, 1.82) is 0 Å². The van der Waals surface area contributed by atoms with Crippen LogP contribution in [0.2, 0.25) is 0 Å². The normalized spacial score (nSPS) is 10.2. The van der Waals surface area contributed by atoms with Crippen molar-refractivity contribution in [2.45, 2.75) is 0 Å². The number of para-hydroxylation sites is 1. The Balaban J connectivity index is 1.90. The molecule has 3 aromatic rings. The van der Waals surface area contributed by atoms with Crippen molar-refractivity contribution >= 4 is 5.97 Å². The van der Waals surface area contributed by atoms with E-state index in [0.717, 1.165) is 5.56 Å². The highest BCUT2D eigenvalue weighted by atomic mass is 16.5. The maximum atomic E-state index is 12.1. The Labute approximate surface area is 116 Å². The Morgan fingerprint density at radius 1 is 0.850 bits per heavy atom. The van der Waals surface area contributed by atoms with Crippen LogP contribution in [0.5, 0.6) is 5.75 Å². The molecule has 0 bridgehead atoms. The van der Waals surface area contributed by atoms with Gasteiger partial charge in [-0.15, -0.1) is 0 Å². The Morgan fingerprint density at radius 2 is 1.60 bits per heavy atom. The zero-order chi connectivity index (χ0) is 13.8. The average molecular weight is 264 g/mol. The van der Waals surface area contributed by atoms with Crippen LogP contribution >= 0.6 is 0 Å². The lowest BCUT2D eigenvalue weighted by Gasteiger charge is -2.08. The number of benzene rings is 2. The first-order chi connectivity index (χ1) is 9.84. The molecule has 98 valence electrons. The number of carbonyl (C=O) groups is 1. The second-order valence-corrected chi connectivity index (χ2v) is 4.23. The Bertz CT molecular complexity index is 700. The number of carbonyl (C=O) groups excluding carboxylic acids is 1. The highest BCUT2D eigenvalue weighted by molar-refractivity contribution is 5.91. The standard InChI is InChI=1S/C17H12O3/c18-17(13-7-2-1-3-8-13)20-16-10-5-4-9-14(16)15-11-6-12-19-15/h1-12H. The smallest absolute Gasteiger partial charge is 0.343 e. The summed E-state index contributed by atoms with van der Waals surface area (Å²) in [7, 11) is 0. The Kier molecular flexibility index (Phi) is 3.33. The van der Waals surface area contributed by atoms with E-state index in [2.05, 4.69) is 0 Å². The van der Waals surface area contributed by atoms with Crippen molar-refractivity contribution in [3.63, 3.8) is 0 Å². The van der Waals surface area contributed by atoms with Gasteiger partial charge in [-0.2, -0.15) is 0 Å². The molecule has 3 nitrogen and oxygen atoms in total. The summed E-state index contributed by atoms with van der Waals surface area (Å²) >= 11 is 0. The zero-order valence-corrected chi connectivity index (χ0v) is 10.7. The molecular weight excluding hydrogens is 252 g/mol. The van der Waals surface area contributed by atoms with E-state index in [4.69, 9.17) is 9.15 Å². The highest BCUT2D eigenvalue weighted by Crippen LogP contribution is 2.30. The molecule has 0 aliphatic carbocycles. The molecule has 20 heavy (non-hydrogen) atoms. The van der Waals surface area contributed by atoms with Gasteiger partial charge in [-0.05, 0) is 36.4 Å². The van der Waals surface area contributed by atoms with Crippen molar-refractivity contribution in [3.05, 3.63) is 78.6 Å². The van der Waals surface area contributed by atoms with E-state index in [1.54, 1.807) is 42.7 Å². The third-order valence-electron chi connectivity index (χ3n) is 2.89. The van der Waals surface area contributed by atoms with Crippen molar-refractivity contribution in [1.82, 2.24) is 0 Å². The maximum Gasteiger partial charge on any atom is 0.343 e. The molecule has 0 atom stereocenters. The van der Waals surface area contributed by atoms with Crippen LogP contribution in [0.15, 0.2) is 77.4 Å². The lowest BCUT2D eigenvalue weighted by molar-refractivity contribution is 0.0735. The number of esters is 1. The fourth-order valence-corrected chi connectivity index (χ4v) is 1.92. The second-order valence-electron chi connectivity index (χ2n) is 4.23. The molecule has 0 spiro atoms. The summed E-state index contributed by atoms with van der Waals surface area (Å²) in [5, 5.41) is 0. The Hall–Kier alpha value is -2.81. The highest BCUT2D eigenvalue weighted by Gasteiger charge is 2.13. The van der Waals surface area contributed by atoms with Gasteiger partial charge in [0, 0.05) is 0 Å². The van der Waals surface area contributed by atoms with Crippen molar-refractivity contribution < 1.29 is 13.9 Å². The van der Waals surface area contributed by atoms with Gasteiger partial charge in [0.15, 0.2) is 0 Å². The number of furan rings is 1. The lowest BCUT2D eigenvalue weighted by Crippen LogP contribution is -2.08. The fourth-order valence-electron chi connectivity index (χ4n) is 1.92. The first-order valence-corrected chi connectivity index (χ1v) is 6.25. The summed E-state index contributed by atoms with van der Waals surface area (Å²) in [6, 6.07) is 19.8. The molecular formula is C17H12O3. The zero-order valence-electron chi connectivity index (χ0n) is 10.7. The molecule has 0 aliphatic heterocycles. The lowest BCUT2D eigenvalue weighted by atomic mass is 10.1. The first-order valence-electron chi connectivity index (χ1n) is 6.25. The fraction of sp³-hybridized carbons (Fsp3) is 0. The van der Waals surface area contributed by atoms with E-state index in [0.29, 0.717) is 17.1 Å². The largest absolute Gasteiger partial charge is 0.464 e. The maximum absolute atomic E-state index is 12.1. The van der Waals surface area contributed by atoms with Gasteiger partial charge in [-0.3, -0.25) is 0 Å².